The zero-order valence-corrected chi connectivity index (χ0v) is 15.9. The van der Waals surface area contributed by atoms with Gasteiger partial charge in [-0.2, -0.15) is 4.31 Å². The minimum absolute atomic E-state index is 0. The lowest BCUT2D eigenvalue weighted by Gasteiger charge is -2.22. The zero-order chi connectivity index (χ0) is 16.9. The standard InChI is InChI=1S/C15H25N3O3S.ClH/c1-12-6-7-14(10-13(12)2)22(20,21)18(5)11-15(19)17(4)9-8-16-3;/h6-7,10,16H,8-9,11H2,1-5H3;1H. The van der Waals surface area contributed by atoms with E-state index in [1.807, 2.05) is 13.8 Å². The molecule has 0 heterocycles. The molecular formula is C15H26ClN3O3S. The van der Waals surface area contributed by atoms with Crippen molar-refractivity contribution in [1.82, 2.24) is 14.5 Å². The number of halogens is 1. The molecule has 1 aromatic carbocycles. The Morgan fingerprint density at radius 1 is 1.17 bits per heavy atom. The van der Waals surface area contributed by atoms with Crippen molar-refractivity contribution in [3.63, 3.8) is 0 Å². The van der Waals surface area contributed by atoms with Gasteiger partial charge in [0.25, 0.3) is 0 Å². The SMILES string of the molecule is CNCCN(C)C(=O)CN(C)S(=O)(=O)c1ccc(C)c(C)c1.Cl. The quantitative estimate of drug-likeness (QED) is 0.785. The fourth-order valence-corrected chi connectivity index (χ4v) is 3.06. The Morgan fingerprint density at radius 2 is 1.78 bits per heavy atom. The smallest absolute Gasteiger partial charge is 0.243 e. The van der Waals surface area contributed by atoms with E-state index < -0.39 is 10.0 Å². The predicted octanol–water partition coefficient (Wildman–Crippen LogP) is 1.02. The predicted molar refractivity (Wildman–Crippen MR) is 94.5 cm³/mol. The van der Waals surface area contributed by atoms with Crippen molar-refractivity contribution in [3.05, 3.63) is 29.3 Å². The van der Waals surface area contributed by atoms with Crippen molar-refractivity contribution >= 4 is 28.3 Å². The molecule has 0 unspecified atom stereocenters. The highest BCUT2D eigenvalue weighted by Gasteiger charge is 2.24. The van der Waals surface area contributed by atoms with Gasteiger partial charge in [0.05, 0.1) is 11.4 Å². The van der Waals surface area contributed by atoms with Gasteiger partial charge >= 0.3 is 0 Å². The van der Waals surface area contributed by atoms with Crippen LogP contribution in [-0.2, 0) is 14.8 Å². The molecule has 0 saturated carbocycles. The highest BCUT2D eigenvalue weighted by molar-refractivity contribution is 7.89. The van der Waals surface area contributed by atoms with Gasteiger partial charge in [-0.25, -0.2) is 8.42 Å². The lowest BCUT2D eigenvalue weighted by molar-refractivity contribution is -0.129. The third kappa shape index (κ3) is 5.76. The van der Waals surface area contributed by atoms with E-state index in [1.165, 1.54) is 11.9 Å². The van der Waals surface area contributed by atoms with Gasteiger partial charge in [0.1, 0.15) is 0 Å². The van der Waals surface area contributed by atoms with E-state index in [1.54, 1.807) is 32.3 Å². The molecule has 0 radical (unpaired) electrons. The summed E-state index contributed by atoms with van der Waals surface area (Å²) in [5.74, 6) is -0.231. The molecule has 1 rings (SSSR count). The molecule has 23 heavy (non-hydrogen) atoms. The molecule has 1 aromatic rings. The molecule has 0 aliphatic carbocycles. The third-order valence-electron chi connectivity index (χ3n) is 3.67. The summed E-state index contributed by atoms with van der Waals surface area (Å²) in [5, 5.41) is 2.95. The Bertz CT molecular complexity index is 635. The summed E-state index contributed by atoms with van der Waals surface area (Å²) in [6.07, 6.45) is 0. The zero-order valence-electron chi connectivity index (χ0n) is 14.3. The van der Waals surface area contributed by atoms with E-state index in [2.05, 4.69) is 5.32 Å². The number of aryl methyl sites for hydroxylation is 2. The van der Waals surface area contributed by atoms with Crippen molar-refractivity contribution in [2.75, 3.05) is 40.8 Å². The fraction of sp³-hybridized carbons (Fsp3) is 0.533. The Labute approximate surface area is 145 Å². The maximum Gasteiger partial charge on any atom is 0.243 e. The van der Waals surface area contributed by atoms with Crippen LogP contribution in [0, 0.1) is 13.8 Å². The maximum atomic E-state index is 12.5. The summed E-state index contributed by atoms with van der Waals surface area (Å²) in [4.78, 5) is 13.8. The number of likely N-dealkylation sites (N-methyl/N-ethyl adjacent to an activating group) is 3. The molecule has 1 amide bonds. The van der Waals surface area contributed by atoms with Crippen LogP contribution in [0.2, 0.25) is 0 Å². The molecule has 0 bridgehead atoms. The van der Waals surface area contributed by atoms with Crippen molar-refractivity contribution in [3.8, 4) is 0 Å². The average Bonchev–Trinajstić information content (AvgIpc) is 2.47. The number of hydrogen-bond acceptors (Lipinski definition) is 4. The summed E-state index contributed by atoms with van der Waals surface area (Å²) in [5.41, 5.74) is 1.94. The molecule has 0 saturated heterocycles. The number of nitrogens with one attached hydrogen (secondary N) is 1. The first-order valence-corrected chi connectivity index (χ1v) is 8.56. The number of carbonyl (C=O) groups is 1. The summed E-state index contributed by atoms with van der Waals surface area (Å²) in [6.45, 7) is 4.82. The highest BCUT2D eigenvalue weighted by Crippen LogP contribution is 2.18. The highest BCUT2D eigenvalue weighted by atomic mass is 35.5. The molecule has 0 aromatic heterocycles. The number of nitrogens with zero attached hydrogens (tertiary/aromatic N) is 2. The molecule has 132 valence electrons. The number of carbonyl (C=O) groups excluding carboxylic acids is 1. The van der Waals surface area contributed by atoms with Gasteiger partial charge in [0.15, 0.2) is 0 Å². The molecule has 0 fully saturated rings. The van der Waals surface area contributed by atoms with E-state index in [9.17, 15) is 13.2 Å². The van der Waals surface area contributed by atoms with Gasteiger partial charge in [-0.1, -0.05) is 6.07 Å². The van der Waals surface area contributed by atoms with Gasteiger partial charge in [-0.15, -0.1) is 12.4 Å². The number of sulfonamides is 1. The largest absolute Gasteiger partial charge is 0.343 e. The van der Waals surface area contributed by atoms with Crippen LogP contribution < -0.4 is 5.32 Å². The number of rotatable bonds is 7. The van der Waals surface area contributed by atoms with Crippen molar-refractivity contribution in [2.45, 2.75) is 18.7 Å². The number of hydrogen-bond donors (Lipinski definition) is 1. The van der Waals surface area contributed by atoms with Gasteiger partial charge in [-0.3, -0.25) is 4.79 Å². The van der Waals surface area contributed by atoms with Crippen LogP contribution in [0.15, 0.2) is 23.1 Å². The van der Waals surface area contributed by atoms with Crippen molar-refractivity contribution in [2.24, 2.45) is 0 Å². The Morgan fingerprint density at radius 3 is 2.30 bits per heavy atom. The molecule has 1 N–H and O–H groups in total. The molecule has 0 spiro atoms. The van der Waals surface area contributed by atoms with Crippen LogP contribution in [0.3, 0.4) is 0 Å². The molecule has 0 aliphatic heterocycles. The van der Waals surface area contributed by atoms with E-state index >= 15 is 0 Å². The van der Waals surface area contributed by atoms with Gasteiger partial charge < -0.3 is 10.2 Å². The Kier molecular flexibility index (Phi) is 8.76. The lowest BCUT2D eigenvalue weighted by Crippen LogP contribution is -2.41. The second-order valence-corrected chi connectivity index (χ2v) is 7.47. The monoisotopic (exact) mass is 363 g/mol. The summed E-state index contributed by atoms with van der Waals surface area (Å²) < 4.78 is 26.1. The first kappa shape index (κ1) is 21.9. The molecular weight excluding hydrogens is 338 g/mol. The molecule has 0 aliphatic rings. The van der Waals surface area contributed by atoms with Crippen LogP contribution in [0.1, 0.15) is 11.1 Å². The number of amides is 1. The first-order chi connectivity index (χ1) is 10.2. The van der Waals surface area contributed by atoms with Crippen molar-refractivity contribution in [1.29, 1.82) is 0 Å². The maximum absolute atomic E-state index is 12.5. The number of benzene rings is 1. The van der Waals surface area contributed by atoms with E-state index in [0.717, 1.165) is 15.4 Å². The van der Waals surface area contributed by atoms with Crippen LogP contribution in [0.4, 0.5) is 0 Å². The molecule has 0 atom stereocenters. The fourth-order valence-electron chi connectivity index (χ4n) is 1.85. The summed E-state index contributed by atoms with van der Waals surface area (Å²) in [6, 6.07) is 4.98. The second-order valence-electron chi connectivity index (χ2n) is 5.43. The minimum Gasteiger partial charge on any atom is -0.343 e. The van der Waals surface area contributed by atoms with E-state index in [-0.39, 0.29) is 29.8 Å². The second kappa shape index (κ2) is 9.22. The van der Waals surface area contributed by atoms with E-state index in [0.29, 0.717) is 13.1 Å². The van der Waals surface area contributed by atoms with Gasteiger partial charge in [0.2, 0.25) is 15.9 Å². The van der Waals surface area contributed by atoms with Crippen molar-refractivity contribution < 1.29 is 13.2 Å². The lowest BCUT2D eigenvalue weighted by atomic mass is 10.1. The van der Waals surface area contributed by atoms with Gasteiger partial charge in [0, 0.05) is 27.2 Å². The summed E-state index contributed by atoms with van der Waals surface area (Å²) in [7, 11) is 1.23. The third-order valence-corrected chi connectivity index (χ3v) is 5.47. The van der Waals surface area contributed by atoms with Crippen LogP contribution in [0.5, 0.6) is 0 Å². The van der Waals surface area contributed by atoms with Crippen LogP contribution in [0.25, 0.3) is 0 Å². The molecule has 6 nitrogen and oxygen atoms in total. The Hall–Kier alpha value is -1.15. The molecule has 8 heteroatoms. The normalized spacial score (nSPS) is 11.2. The summed E-state index contributed by atoms with van der Waals surface area (Å²) >= 11 is 0. The topological polar surface area (TPSA) is 69.7 Å². The minimum atomic E-state index is -3.66. The van der Waals surface area contributed by atoms with Gasteiger partial charge in [-0.05, 0) is 44.2 Å². The van der Waals surface area contributed by atoms with Crippen LogP contribution >= 0.6 is 12.4 Å². The average molecular weight is 364 g/mol. The van der Waals surface area contributed by atoms with Crippen LogP contribution in [-0.4, -0.2) is 64.3 Å². The van der Waals surface area contributed by atoms with E-state index in [4.69, 9.17) is 0 Å². The first-order valence-electron chi connectivity index (χ1n) is 7.12. The Balaban J connectivity index is 0.00000484.